The fraction of sp³-hybridized carbons (Fsp3) is 0.333. The Morgan fingerprint density at radius 1 is 1.50 bits per heavy atom. The Labute approximate surface area is 77.0 Å². The van der Waals surface area contributed by atoms with Gasteiger partial charge in [-0.2, -0.15) is 0 Å². The van der Waals surface area contributed by atoms with Crippen molar-refractivity contribution in [1.82, 2.24) is 0 Å². The van der Waals surface area contributed by atoms with E-state index in [1.165, 1.54) is 0 Å². The number of aryl methyl sites for hydroxylation is 1. The van der Waals surface area contributed by atoms with Gasteiger partial charge in [0.05, 0.1) is 0 Å². The summed E-state index contributed by atoms with van der Waals surface area (Å²) in [7, 11) is 0. The molecule has 2 nitrogen and oxygen atoms in total. The molecule has 0 aliphatic heterocycles. The van der Waals surface area contributed by atoms with Crippen LogP contribution in [0.5, 0.6) is 5.75 Å². The predicted molar refractivity (Wildman–Crippen MR) is 50.5 cm³/mol. The quantitative estimate of drug-likeness (QED) is 0.706. The molecule has 1 aromatic carbocycles. The zero-order chi connectivity index (χ0) is 9.30. The summed E-state index contributed by atoms with van der Waals surface area (Å²) in [5, 5.41) is 10.1. The van der Waals surface area contributed by atoms with Crippen LogP contribution in [0.3, 0.4) is 0 Å². The number of hydrogen-bond donors (Lipinski definition) is 2. The van der Waals surface area contributed by atoms with E-state index in [4.69, 9.17) is 17.3 Å². The van der Waals surface area contributed by atoms with Crippen LogP contribution in [-0.4, -0.2) is 5.11 Å². The van der Waals surface area contributed by atoms with Crippen LogP contribution in [0.1, 0.15) is 24.1 Å². The molecular formula is C9H12ClNO. The van der Waals surface area contributed by atoms with Gasteiger partial charge in [0, 0.05) is 16.6 Å². The van der Waals surface area contributed by atoms with Crippen LogP contribution < -0.4 is 5.73 Å². The molecular weight excluding hydrogens is 174 g/mol. The first-order chi connectivity index (χ1) is 5.52. The number of aromatic hydroxyl groups is 1. The van der Waals surface area contributed by atoms with E-state index in [2.05, 4.69) is 0 Å². The van der Waals surface area contributed by atoms with Gasteiger partial charge in [0.25, 0.3) is 0 Å². The second-order valence-corrected chi connectivity index (χ2v) is 3.36. The molecule has 0 aliphatic rings. The fourth-order valence-corrected chi connectivity index (χ4v) is 1.22. The molecule has 12 heavy (non-hydrogen) atoms. The SMILES string of the molecule is Cc1cc(O)c([C@H](C)N)cc1Cl. The monoisotopic (exact) mass is 185 g/mol. The summed E-state index contributed by atoms with van der Waals surface area (Å²) in [5.74, 6) is 0.215. The molecule has 0 radical (unpaired) electrons. The zero-order valence-corrected chi connectivity index (χ0v) is 7.89. The third kappa shape index (κ3) is 1.71. The smallest absolute Gasteiger partial charge is 0.120 e. The molecule has 0 aromatic heterocycles. The van der Waals surface area contributed by atoms with Crippen molar-refractivity contribution in [2.45, 2.75) is 19.9 Å². The van der Waals surface area contributed by atoms with E-state index in [0.29, 0.717) is 10.6 Å². The van der Waals surface area contributed by atoms with E-state index in [1.54, 1.807) is 19.1 Å². The number of phenols is 1. The van der Waals surface area contributed by atoms with Crippen molar-refractivity contribution in [2.75, 3.05) is 0 Å². The van der Waals surface area contributed by atoms with Gasteiger partial charge in [0.1, 0.15) is 5.75 Å². The Kier molecular flexibility index (Phi) is 2.60. The van der Waals surface area contributed by atoms with Gasteiger partial charge < -0.3 is 10.8 Å². The summed E-state index contributed by atoms with van der Waals surface area (Å²) in [6, 6.07) is 3.14. The number of benzene rings is 1. The van der Waals surface area contributed by atoms with E-state index in [9.17, 15) is 5.11 Å². The Bertz CT molecular complexity index is 297. The molecule has 0 fully saturated rings. The van der Waals surface area contributed by atoms with Gasteiger partial charge in [-0.25, -0.2) is 0 Å². The van der Waals surface area contributed by atoms with Gasteiger partial charge in [-0.3, -0.25) is 0 Å². The molecule has 0 heterocycles. The second kappa shape index (κ2) is 3.33. The van der Waals surface area contributed by atoms with Gasteiger partial charge in [0.15, 0.2) is 0 Å². The average molecular weight is 186 g/mol. The maximum atomic E-state index is 9.45. The van der Waals surface area contributed by atoms with Crippen molar-refractivity contribution in [1.29, 1.82) is 0 Å². The summed E-state index contributed by atoms with van der Waals surface area (Å²) >= 11 is 5.86. The topological polar surface area (TPSA) is 46.2 Å². The van der Waals surface area contributed by atoms with Crippen molar-refractivity contribution in [3.8, 4) is 5.75 Å². The normalized spacial score (nSPS) is 13.0. The first-order valence-electron chi connectivity index (χ1n) is 3.77. The van der Waals surface area contributed by atoms with Crippen molar-refractivity contribution >= 4 is 11.6 Å². The van der Waals surface area contributed by atoms with E-state index in [1.807, 2.05) is 6.92 Å². The minimum atomic E-state index is -0.192. The molecule has 0 bridgehead atoms. The molecule has 0 saturated carbocycles. The van der Waals surface area contributed by atoms with Crippen LogP contribution in [0.4, 0.5) is 0 Å². The highest BCUT2D eigenvalue weighted by molar-refractivity contribution is 6.31. The molecule has 1 atom stereocenters. The number of hydrogen-bond acceptors (Lipinski definition) is 2. The van der Waals surface area contributed by atoms with Gasteiger partial charge in [-0.1, -0.05) is 11.6 Å². The Hall–Kier alpha value is -0.730. The molecule has 0 saturated heterocycles. The lowest BCUT2D eigenvalue weighted by Crippen LogP contribution is -2.05. The van der Waals surface area contributed by atoms with E-state index in [0.717, 1.165) is 5.56 Å². The van der Waals surface area contributed by atoms with Gasteiger partial charge >= 0.3 is 0 Å². The van der Waals surface area contributed by atoms with Crippen LogP contribution in [0.25, 0.3) is 0 Å². The van der Waals surface area contributed by atoms with Crippen LogP contribution in [-0.2, 0) is 0 Å². The first-order valence-corrected chi connectivity index (χ1v) is 4.14. The largest absolute Gasteiger partial charge is 0.508 e. The molecule has 0 unspecified atom stereocenters. The minimum absolute atomic E-state index is 0.192. The Morgan fingerprint density at radius 2 is 2.08 bits per heavy atom. The summed E-state index contributed by atoms with van der Waals surface area (Å²) < 4.78 is 0. The van der Waals surface area contributed by atoms with Crippen LogP contribution in [0.15, 0.2) is 12.1 Å². The van der Waals surface area contributed by atoms with E-state index < -0.39 is 0 Å². The predicted octanol–water partition coefficient (Wildman–Crippen LogP) is 2.37. The Balaban J connectivity index is 3.23. The van der Waals surface area contributed by atoms with Crippen molar-refractivity contribution in [3.05, 3.63) is 28.3 Å². The number of halogens is 1. The van der Waals surface area contributed by atoms with Crippen molar-refractivity contribution in [2.24, 2.45) is 5.73 Å². The minimum Gasteiger partial charge on any atom is -0.508 e. The summed E-state index contributed by atoms with van der Waals surface area (Å²) in [6.07, 6.45) is 0. The lowest BCUT2D eigenvalue weighted by atomic mass is 10.1. The lowest BCUT2D eigenvalue weighted by molar-refractivity contribution is 0.463. The van der Waals surface area contributed by atoms with Crippen LogP contribution in [0.2, 0.25) is 5.02 Å². The van der Waals surface area contributed by atoms with Gasteiger partial charge in [-0.15, -0.1) is 0 Å². The van der Waals surface area contributed by atoms with Gasteiger partial charge in [-0.05, 0) is 31.5 Å². The standard InChI is InChI=1S/C9H12ClNO/c1-5-3-9(12)7(6(2)11)4-8(5)10/h3-4,6,12H,11H2,1-2H3/t6-/m0/s1. The highest BCUT2D eigenvalue weighted by Gasteiger charge is 2.08. The van der Waals surface area contributed by atoms with E-state index >= 15 is 0 Å². The zero-order valence-electron chi connectivity index (χ0n) is 7.13. The molecule has 3 heteroatoms. The number of nitrogens with two attached hydrogens (primary N) is 1. The summed E-state index contributed by atoms with van der Waals surface area (Å²) in [6.45, 7) is 3.65. The molecule has 0 spiro atoms. The first kappa shape index (κ1) is 9.36. The summed E-state index contributed by atoms with van der Waals surface area (Å²) in [5.41, 5.74) is 7.16. The van der Waals surface area contributed by atoms with Crippen molar-refractivity contribution < 1.29 is 5.11 Å². The third-order valence-corrected chi connectivity index (χ3v) is 2.21. The molecule has 0 aliphatic carbocycles. The highest BCUT2D eigenvalue weighted by Crippen LogP contribution is 2.28. The molecule has 3 N–H and O–H groups in total. The fourth-order valence-electron chi connectivity index (χ4n) is 1.05. The number of rotatable bonds is 1. The van der Waals surface area contributed by atoms with Gasteiger partial charge in [0.2, 0.25) is 0 Å². The third-order valence-electron chi connectivity index (χ3n) is 1.80. The lowest BCUT2D eigenvalue weighted by Gasteiger charge is -2.09. The molecule has 1 rings (SSSR count). The summed E-state index contributed by atoms with van der Waals surface area (Å²) in [4.78, 5) is 0. The van der Waals surface area contributed by atoms with Crippen LogP contribution >= 0.6 is 11.6 Å². The highest BCUT2D eigenvalue weighted by atomic mass is 35.5. The van der Waals surface area contributed by atoms with Crippen LogP contribution in [0, 0.1) is 6.92 Å². The Morgan fingerprint density at radius 3 is 2.58 bits per heavy atom. The molecule has 0 amide bonds. The number of phenolic OH excluding ortho intramolecular Hbond substituents is 1. The molecule has 1 aromatic rings. The maximum absolute atomic E-state index is 9.45. The maximum Gasteiger partial charge on any atom is 0.120 e. The second-order valence-electron chi connectivity index (χ2n) is 2.95. The molecule has 66 valence electrons. The van der Waals surface area contributed by atoms with E-state index in [-0.39, 0.29) is 11.8 Å². The van der Waals surface area contributed by atoms with Crippen molar-refractivity contribution in [3.63, 3.8) is 0 Å². The average Bonchev–Trinajstić information content (AvgIpc) is 1.96.